The van der Waals surface area contributed by atoms with E-state index in [1.54, 1.807) is 45.5 Å². The molecule has 4 aromatic rings. The Hall–Kier alpha value is -3.14. The van der Waals surface area contributed by atoms with Crippen molar-refractivity contribution < 1.29 is 0 Å². The van der Waals surface area contributed by atoms with Crippen LogP contribution >= 0.6 is 11.3 Å². The Morgan fingerprint density at radius 3 is 2.79 bits per heavy atom. The molecule has 0 radical (unpaired) electrons. The van der Waals surface area contributed by atoms with Gasteiger partial charge in [0.05, 0.1) is 11.4 Å². The van der Waals surface area contributed by atoms with Gasteiger partial charge in [0.2, 0.25) is 0 Å². The van der Waals surface area contributed by atoms with Gasteiger partial charge < -0.3 is 5.32 Å². The van der Waals surface area contributed by atoms with Gasteiger partial charge in [0.1, 0.15) is 29.6 Å². The molecule has 4 heterocycles. The van der Waals surface area contributed by atoms with E-state index < -0.39 is 0 Å². The summed E-state index contributed by atoms with van der Waals surface area (Å²) >= 11 is 1.61. The molecule has 28 heavy (non-hydrogen) atoms. The maximum Gasteiger partial charge on any atom is 0.267 e. The van der Waals surface area contributed by atoms with Crippen molar-refractivity contribution in [2.45, 2.75) is 37.8 Å². The van der Waals surface area contributed by atoms with Gasteiger partial charge in [-0.2, -0.15) is 5.10 Å². The monoisotopic (exact) mass is 394 g/mol. The molecule has 0 bridgehead atoms. The summed E-state index contributed by atoms with van der Waals surface area (Å²) in [6, 6.07) is 5.67. The minimum atomic E-state index is -0.0870. The molecule has 10 heteroatoms. The number of nitrogens with one attached hydrogen (secondary N) is 1. The van der Waals surface area contributed by atoms with Gasteiger partial charge in [-0.05, 0) is 43.2 Å². The summed E-state index contributed by atoms with van der Waals surface area (Å²) in [6.45, 7) is 0. The Morgan fingerprint density at radius 2 is 1.96 bits per heavy atom. The van der Waals surface area contributed by atoms with Gasteiger partial charge in [-0.15, -0.1) is 16.4 Å². The molecule has 0 atom stereocenters. The van der Waals surface area contributed by atoms with Crippen molar-refractivity contribution in [3.8, 4) is 5.82 Å². The number of hydrogen-bond acceptors (Lipinski definition) is 8. The molecule has 0 spiro atoms. The Balaban J connectivity index is 1.30. The normalized spacial score (nSPS) is 19.7. The number of aromatic nitrogens is 7. The molecule has 0 unspecified atom stereocenters. The zero-order valence-electron chi connectivity index (χ0n) is 15.0. The third-order valence-electron chi connectivity index (χ3n) is 5.11. The van der Waals surface area contributed by atoms with E-state index in [-0.39, 0.29) is 11.6 Å². The quantitative estimate of drug-likeness (QED) is 0.567. The first kappa shape index (κ1) is 17.0. The van der Waals surface area contributed by atoms with Crippen LogP contribution in [0.25, 0.3) is 16.0 Å². The van der Waals surface area contributed by atoms with E-state index >= 15 is 0 Å². The lowest BCUT2D eigenvalue weighted by Gasteiger charge is -2.30. The van der Waals surface area contributed by atoms with E-state index in [9.17, 15) is 4.79 Å². The third-order valence-corrected chi connectivity index (χ3v) is 5.93. The van der Waals surface area contributed by atoms with Crippen LogP contribution < -0.4 is 10.9 Å². The molecule has 4 aromatic heterocycles. The Bertz CT molecular complexity index is 1140. The molecule has 5 rings (SSSR count). The number of anilines is 1. The maximum atomic E-state index is 12.4. The van der Waals surface area contributed by atoms with E-state index in [4.69, 9.17) is 0 Å². The van der Waals surface area contributed by atoms with Gasteiger partial charge in [0, 0.05) is 12.1 Å². The molecule has 142 valence electrons. The predicted octanol–water partition coefficient (Wildman–Crippen LogP) is 2.42. The lowest BCUT2D eigenvalue weighted by atomic mass is 9.91. The molecule has 0 aliphatic heterocycles. The fourth-order valence-corrected chi connectivity index (χ4v) is 4.42. The minimum Gasteiger partial charge on any atom is -0.367 e. The molecular weight excluding hydrogens is 376 g/mol. The summed E-state index contributed by atoms with van der Waals surface area (Å²) in [6.07, 6.45) is 8.28. The van der Waals surface area contributed by atoms with Crippen LogP contribution in [-0.2, 0) is 0 Å². The van der Waals surface area contributed by atoms with Crippen LogP contribution in [0.15, 0.2) is 47.4 Å². The van der Waals surface area contributed by atoms with Gasteiger partial charge in [-0.25, -0.2) is 24.3 Å². The van der Waals surface area contributed by atoms with Crippen LogP contribution in [0.5, 0.6) is 0 Å². The van der Waals surface area contributed by atoms with Gasteiger partial charge >= 0.3 is 0 Å². The standard InChI is InChI=1S/C18H18N8OS/c27-16-6-5-15(25-11-19-9-22-25)24-26(16)13-3-1-12(2-4-13)23-17-14-7-8-28-18(14)21-10-20-17/h5-13H,1-4H2,(H,20,21,23). The second-order valence-electron chi connectivity index (χ2n) is 6.83. The van der Waals surface area contributed by atoms with Crippen molar-refractivity contribution in [2.75, 3.05) is 5.32 Å². The molecule has 1 aliphatic carbocycles. The summed E-state index contributed by atoms with van der Waals surface area (Å²) in [5.41, 5.74) is -0.0870. The van der Waals surface area contributed by atoms with E-state index in [1.165, 1.54) is 6.33 Å². The van der Waals surface area contributed by atoms with E-state index in [1.807, 2.05) is 11.4 Å². The summed E-state index contributed by atoms with van der Waals surface area (Å²) < 4.78 is 3.15. The number of hydrogen-bond donors (Lipinski definition) is 1. The molecule has 0 amide bonds. The molecule has 1 N–H and O–H groups in total. The van der Waals surface area contributed by atoms with Crippen molar-refractivity contribution in [1.82, 2.24) is 34.5 Å². The summed E-state index contributed by atoms with van der Waals surface area (Å²) in [4.78, 5) is 26.0. The van der Waals surface area contributed by atoms with Crippen molar-refractivity contribution in [2.24, 2.45) is 0 Å². The van der Waals surface area contributed by atoms with Crippen molar-refractivity contribution in [3.05, 3.63) is 52.9 Å². The average Bonchev–Trinajstić information content (AvgIpc) is 3.42. The van der Waals surface area contributed by atoms with Crippen molar-refractivity contribution >= 4 is 27.4 Å². The summed E-state index contributed by atoms with van der Waals surface area (Å²) in [7, 11) is 0. The van der Waals surface area contributed by atoms with Crippen LogP contribution in [0.1, 0.15) is 31.7 Å². The highest BCUT2D eigenvalue weighted by Crippen LogP contribution is 2.31. The fourth-order valence-electron chi connectivity index (χ4n) is 3.69. The smallest absolute Gasteiger partial charge is 0.267 e. The van der Waals surface area contributed by atoms with E-state index in [2.05, 4.69) is 30.5 Å². The SMILES string of the molecule is O=c1ccc(-n2cncn2)nn1C1CCC(Nc2ncnc3sccc23)CC1. The maximum absolute atomic E-state index is 12.4. The number of nitrogens with zero attached hydrogens (tertiary/aromatic N) is 7. The highest BCUT2D eigenvalue weighted by Gasteiger charge is 2.24. The predicted molar refractivity (Wildman–Crippen MR) is 106 cm³/mol. The highest BCUT2D eigenvalue weighted by molar-refractivity contribution is 7.16. The first-order chi connectivity index (χ1) is 13.8. The van der Waals surface area contributed by atoms with Gasteiger partial charge in [0.15, 0.2) is 5.82 Å². The van der Waals surface area contributed by atoms with Gasteiger partial charge in [-0.3, -0.25) is 4.79 Å². The Morgan fingerprint density at radius 1 is 1.07 bits per heavy atom. The van der Waals surface area contributed by atoms with E-state index in [0.717, 1.165) is 41.7 Å². The molecule has 0 saturated heterocycles. The first-order valence-corrected chi connectivity index (χ1v) is 10.1. The first-order valence-electron chi connectivity index (χ1n) is 9.17. The number of rotatable bonds is 4. The van der Waals surface area contributed by atoms with Crippen LogP contribution in [0.2, 0.25) is 0 Å². The van der Waals surface area contributed by atoms with Crippen LogP contribution in [0, 0.1) is 0 Å². The largest absolute Gasteiger partial charge is 0.367 e. The zero-order valence-corrected chi connectivity index (χ0v) is 15.8. The van der Waals surface area contributed by atoms with Crippen LogP contribution in [-0.4, -0.2) is 40.6 Å². The van der Waals surface area contributed by atoms with Gasteiger partial charge in [0.25, 0.3) is 5.56 Å². The lowest BCUT2D eigenvalue weighted by Crippen LogP contribution is -2.33. The zero-order chi connectivity index (χ0) is 18.9. The molecule has 1 fully saturated rings. The average molecular weight is 394 g/mol. The lowest BCUT2D eigenvalue weighted by molar-refractivity contribution is 0.302. The highest BCUT2D eigenvalue weighted by atomic mass is 32.1. The second-order valence-corrected chi connectivity index (χ2v) is 7.72. The summed E-state index contributed by atoms with van der Waals surface area (Å²) in [5, 5.41) is 15.2. The molecule has 0 aromatic carbocycles. The number of thiophene rings is 1. The van der Waals surface area contributed by atoms with Crippen LogP contribution in [0.3, 0.4) is 0 Å². The summed E-state index contributed by atoms with van der Waals surface area (Å²) in [5.74, 6) is 1.48. The molecule has 9 nitrogen and oxygen atoms in total. The van der Waals surface area contributed by atoms with Gasteiger partial charge in [-0.1, -0.05) is 0 Å². The Labute approximate surface area is 164 Å². The van der Waals surface area contributed by atoms with Crippen molar-refractivity contribution in [1.29, 1.82) is 0 Å². The molecular formula is C18H18N8OS. The fraction of sp³-hybridized carbons (Fsp3) is 0.333. The molecule has 1 saturated carbocycles. The number of fused-ring (bicyclic) bond motifs is 1. The topological polar surface area (TPSA) is 103 Å². The second kappa shape index (κ2) is 7.12. The van der Waals surface area contributed by atoms with Crippen molar-refractivity contribution in [3.63, 3.8) is 0 Å². The van der Waals surface area contributed by atoms with E-state index in [0.29, 0.717) is 11.9 Å². The molecule has 1 aliphatic rings. The van der Waals surface area contributed by atoms with Crippen LogP contribution in [0.4, 0.5) is 5.82 Å². The third kappa shape index (κ3) is 3.15. The minimum absolute atomic E-state index is 0.0839. The Kier molecular flexibility index (Phi) is 4.32.